The van der Waals surface area contributed by atoms with Crippen molar-refractivity contribution in [1.29, 1.82) is 0 Å². The molecule has 0 aliphatic carbocycles. The molecule has 4 atom stereocenters. The molecule has 2 aliphatic heterocycles. The van der Waals surface area contributed by atoms with Crippen LogP contribution in [0.5, 0.6) is 11.8 Å². The molecule has 0 bridgehead atoms. The van der Waals surface area contributed by atoms with Crippen molar-refractivity contribution in [3.05, 3.63) is 58.6 Å². The average molecular weight is 1110 g/mol. The summed E-state index contributed by atoms with van der Waals surface area (Å²) in [6.07, 6.45) is 9.89. The van der Waals surface area contributed by atoms with E-state index in [-0.39, 0.29) is 51.2 Å². The summed E-state index contributed by atoms with van der Waals surface area (Å²) in [5.41, 5.74) is 2.06. The molecular weight excluding hydrogens is 1040 g/mol. The summed E-state index contributed by atoms with van der Waals surface area (Å²) in [7, 11) is -3.01. The molecule has 8 heterocycles. The molecule has 0 aromatic carbocycles. The summed E-state index contributed by atoms with van der Waals surface area (Å²) in [4.78, 5) is 60.4. The number of likely N-dealkylation sites (tertiary alicyclic amines) is 1. The van der Waals surface area contributed by atoms with Crippen LogP contribution in [0.2, 0.25) is 36.3 Å². The lowest BCUT2D eigenvalue weighted by atomic mass is 10.2. The van der Waals surface area contributed by atoms with Gasteiger partial charge >= 0.3 is 5.97 Å². The summed E-state index contributed by atoms with van der Waals surface area (Å²) in [6.45, 7) is 26.4. The third-order valence-corrected chi connectivity index (χ3v) is 26.6. The predicted molar refractivity (Wildman–Crippen MR) is 295 cm³/mol. The maximum Gasteiger partial charge on any atom is 0.302 e. The molecule has 3 N–H and O–H groups in total. The third kappa shape index (κ3) is 16.2. The van der Waals surface area contributed by atoms with Gasteiger partial charge in [0, 0.05) is 76.0 Å². The van der Waals surface area contributed by atoms with Gasteiger partial charge in [0.1, 0.15) is 33.2 Å². The number of nitrogens with one attached hydrogen (secondary N) is 3. The first-order valence-corrected chi connectivity index (χ1v) is 32.6. The molecular formula is C50H74F2N12O7S2Si2. The Kier molecular flexibility index (Phi) is 22.5. The summed E-state index contributed by atoms with van der Waals surface area (Å²) >= 11 is 1.97. The molecule has 0 spiro atoms. The number of hydrogen-bond acceptors (Lipinski definition) is 17. The second-order valence-electron chi connectivity index (χ2n) is 18.8. The van der Waals surface area contributed by atoms with Crippen molar-refractivity contribution < 1.29 is 42.2 Å². The smallest absolute Gasteiger partial charge is 0.302 e. The van der Waals surface area contributed by atoms with Crippen LogP contribution in [0, 0.1) is 11.9 Å². The van der Waals surface area contributed by atoms with Gasteiger partial charge in [-0.3, -0.25) is 24.1 Å². The first-order chi connectivity index (χ1) is 35.8. The number of halogens is 2. The fourth-order valence-electron chi connectivity index (χ4n) is 9.27. The Morgan fingerprint density at radius 3 is 1.65 bits per heavy atom. The lowest BCUT2D eigenvalue weighted by molar-refractivity contribution is -0.140. The van der Waals surface area contributed by atoms with Gasteiger partial charge in [-0.2, -0.15) is 28.9 Å². The van der Waals surface area contributed by atoms with E-state index in [1.807, 2.05) is 33.8 Å². The molecule has 6 aromatic heterocycles. The molecule has 2 aliphatic rings. The number of hydrogen-bond donors (Lipinski definition) is 3. The van der Waals surface area contributed by atoms with Gasteiger partial charge in [-0.05, 0) is 32.9 Å². The number of carbonyl (C=O) groups is 4. The first kappa shape index (κ1) is 60.3. The van der Waals surface area contributed by atoms with Gasteiger partial charge in [0.05, 0.1) is 47.3 Å². The number of carbonyl (C=O) groups excluding carboxylic acids is 4. The van der Waals surface area contributed by atoms with Crippen molar-refractivity contribution in [2.75, 3.05) is 30.3 Å². The van der Waals surface area contributed by atoms with Gasteiger partial charge in [-0.1, -0.05) is 100 Å². The molecule has 19 nitrogen and oxygen atoms in total. The van der Waals surface area contributed by atoms with Crippen LogP contribution in [-0.2, 0) is 25.7 Å². The largest absolute Gasteiger partial charge is 0.472 e. The normalized spacial score (nSPS) is 17.5. The fraction of sp³-hybridized carbons (Fsp3) is 0.560. The minimum Gasteiger partial charge on any atom is -0.472 e. The molecule has 8 rings (SSSR count). The lowest BCUT2D eigenvalue weighted by Gasteiger charge is -2.25. The van der Waals surface area contributed by atoms with E-state index in [9.17, 15) is 28.0 Å². The second-order valence-corrected chi connectivity index (χ2v) is 31.3. The van der Waals surface area contributed by atoms with E-state index in [4.69, 9.17) is 19.7 Å². The minimum absolute atomic E-state index is 0.0452. The van der Waals surface area contributed by atoms with Crippen LogP contribution < -0.4 is 36.1 Å². The molecule has 0 radical (unpaired) electrons. The standard InChI is InChI=1S/C23H33FN6O2SSi.C17H28N4OSi.C6H5FN2O2S.C4H8O2/c1-6-34(7-2,8-3)21-10-17-11-25-20(14-30(17)28-21)32-18-9-15(4)29(12-18)13-19-22(24)27-23(33-19)26-16(5)31;1-5-23(6-2,7-3)17-9-14-10-19-16(12-21(14)20-17)22-15-8-13(4)18-11-15;1-3(11)8-6-9-5(7)4(2-10)12-6;1-3-6-4(2)5/h10-11,14-15,18H,6-9,12-13H2,1-5H3,(H,26,27,31);9-10,12-13,15,18H,5-8,11H2,1-4H3;2H,1H3,(H,8,9,11);3H2,1-2H3/t15-,18+;13-,15+;;/m00../s1. The Balaban J connectivity index is 0.000000217. The predicted octanol–water partition coefficient (Wildman–Crippen LogP) is 8.24. The van der Waals surface area contributed by atoms with Crippen LogP contribution in [0.1, 0.15) is 110 Å². The quantitative estimate of drug-likeness (QED) is 0.0419. The van der Waals surface area contributed by atoms with Crippen molar-refractivity contribution in [1.82, 2.24) is 49.4 Å². The van der Waals surface area contributed by atoms with E-state index in [0.29, 0.717) is 48.7 Å². The van der Waals surface area contributed by atoms with Crippen LogP contribution in [0.4, 0.5) is 19.0 Å². The van der Waals surface area contributed by atoms with Crippen LogP contribution in [0.25, 0.3) is 11.0 Å². The van der Waals surface area contributed by atoms with Crippen LogP contribution in [-0.4, -0.2) is 128 Å². The van der Waals surface area contributed by atoms with Gasteiger partial charge in [0.2, 0.25) is 35.5 Å². The Labute approximate surface area is 448 Å². The number of aldehydes is 1. The average Bonchev–Trinajstić information content (AvgIpc) is 4.25. The van der Waals surface area contributed by atoms with Crippen molar-refractivity contribution in [3.63, 3.8) is 0 Å². The Morgan fingerprint density at radius 2 is 1.24 bits per heavy atom. The highest BCUT2D eigenvalue weighted by Crippen LogP contribution is 2.29. The van der Waals surface area contributed by atoms with Gasteiger partial charge in [0.15, 0.2) is 16.5 Å². The van der Waals surface area contributed by atoms with Crippen LogP contribution in [0.3, 0.4) is 0 Å². The van der Waals surface area contributed by atoms with E-state index < -0.39 is 28.0 Å². The van der Waals surface area contributed by atoms with E-state index >= 15 is 0 Å². The molecule has 25 heteroatoms. The topological polar surface area (TPSA) is 221 Å². The van der Waals surface area contributed by atoms with Gasteiger partial charge in [-0.15, -0.1) is 0 Å². The number of amides is 2. The molecule has 2 amide bonds. The summed E-state index contributed by atoms with van der Waals surface area (Å²) in [5, 5.41) is 21.0. The molecule has 0 saturated carbocycles. The number of thiazole rings is 2. The fourth-order valence-corrected chi connectivity index (χ4v) is 17.6. The highest BCUT2D eigenvalue weighted by Gasteiger charge is 2.35. The van der Waals surface area contributed by atoms with E-state index in [1.54, 1.807) is 6.92 Å². The van der Waals surface area contributed by atoms with E-state index in [0.717, 1.165) is 41.8 Å². The molecule has 6 aromatic rings. The lowest BCUT2D eigenvalue weighted by Crippen LogP contribution is -2.46. The maximum absolute atomic E-state index is 14.3. The number of rotatable bonds is 18. The number of esters is 1. The van der Waals surface area contributed by atoms with Crippen molar-refractivity contribution >= 4 is 94.8 Å². The highest BCUT2D eigenvalue weighted by atomic mass is 32.1. The van der Waals surface area contributed by atoms with Crippen molar-refractivity contribution in [2.24, 2.45) is 0 Å². The van der Waals surface area contributed by atoms with Crippen molar-refractivity contribution in [3.8, 4) is 11.8 Å². The number of aromatic nitrogens is 8. The minimum atomic E-state index is -1.56. The second kappa shape index (κ2) is 28.0. The number of anilines is 2. The molecule has 2 saturated heterocycles. The third-order valence-electron chi connectivity index (χ3n) is 14.0. The number of fused-ring (bicyclic) bond motifs is 2. The number of nitrogens with zero attached hydrogens (tertiary/aromatic N) is 9. The maximum atomic E-state index is 14.3. The van der Waals surface area contributed by atoms with Crippen molar-refractivity contribution in [2.45, 2.75) is 163 Å². The zero-order valence-corrected chi connectivity index (χ0v) is 48.9. The van der Waals surface area contributed by atoms with E-state index in [2.05, 4.69) is 113 Å². The Morgan fingerprint density at radius 1 is 0.747 bits per heavy atom. The molecule has 410 valence electrons. The van der Waals surface area contributed by atoms with Gasteiger partial charge in [0.25, 0.3) is 0 Å². The molecule has 2 fully saturated rings. The van der Waals surface area contributed by atoms with Crippen LogP contribution in [0.15, 0.2) is 36.9 Å². The first-order valence-electron chi connectivity index (χ1n) is 25.7. The summed E-state index contributed by atoms with van der Waals surface area (Å²) < 4.78 is 47.3. The summed E-state index contributed by atoms with van der Waals surface area (Å²) in [6, 6.07) is 12.4. The van der Waals surface area contributed by atoms with Gasteiger partial charge < -0.3 is 30.2 Å². The molecule has 75 heavy (non-hydrogen) atoms. The molecule has 0 unspecified atom stereocenters. The zero-order chi connectivity index (χ0) is 55.0. The zero-order valence-electron chi connectivity index (χ0n) is 45.3. The Hall–Kier alpha value is -5.61. The Bertz CT molecular complexity index is 2820. The highest BCUT2D eigenvalue weighted by molar-refractivity contribution is 7.17. The monoisotopic (exact) mass is 1110 g/mol. The summed E-state index contributed by atoms with van der Waals surface area (Å²) in [5.74, 6) is -0.973. The SMILES string of the molecule is CC(=O)Nc1nc(F)c(C=O)s1.CCOC(C)=O.CC[Si](CC)(CC)c1cc2cnc(O[C@@H]3C[C@H](C)N(Cc4sc(NC(C)=O)nc4F)C3)cn2n1.CC[Si](CC)(CC)c1cc2cnc(O[C@H]3CN[C@@H](C)C3)cn2n1. The van der Waals surface area contributed by atoms with E-state index in [1.165, 1.54) is 79.0 Å². The van der Waals surface area contributed by atoms with Crippen LogP contribution >= 0.6 is 22.7 Å². The number of ether oxygens (including phenoxy) is 3. The van der Waals surface area contributed by atoms with Gasteiger partial charge in [-0.25, -0.2) is 19.0 Å².